The molecule has 4 rings (SSSR count). The summed E-state index contributed by atoms with van der Waals surface area (Å²) in [6.07, 6.45) is 6.00. The average Bonchev–Trinajstić information content (AvgIpc) is 3.02. The first-order chi connectivity index (χ1) is 18.2. The van der Waals surface area contributed by atoms with Crippen molar-refractivity contribution < 1.29 is 22.7 Å². The molecule has 3 aliphatic rings. The maximum Gasteiger partial charge on any atom is 0.248 e. The molecule has 38 heavy (non-hydrogen) atoms. The number of hydrogen-bond acceptors (Lipinski definition) is 7. The lowest BCUT2D eigenvalue weighted by Crippen LogP contribution is -2.51. The number of ether oxygens (including phenoxy) is 2. The molecule has 2 heterocycles. The zero-order chi connectivity index (χ0) is 27.3. The molecule has 2 fully saturated rings. The molecule has 0 radical (unpaired) electrons. The van der Waals surface area contributed by atoms with Crippen LogP contribution in [0.2, 0.25) is 0 Å². The molecule has 0 unspecified atom stereocenters. The molecule has 9 nitrogen and oxygen atoms in total. The van der Waals surface area contributed by atoms with Crippen LogP contribution in [0.3, 0.4) is 0 Å². The van der Waals surface area contributed by atoms with Crippen molar-refractivity contribution in [3.63, 3.8) is 0 Å². The topological polar surface area (TPSA) is 82.6 Å². The molecule has 1 amide bonds. The summed E-state index contributed by atoms with van der Waals surface area (Å²) in [5, 5.41) is 0. The minimum Gasteiger partial charge on any atom is -0.497 e. The van der Waals surface area contributed by atoms with Gasteiger partial charge in [0.15, 0.2) is 0 Å². The Bertz CT molecular complexity index is 1060. The summed E-state index contributed by atoms with van der Waals surface area (Å²) in [6, 6.07) is 3.84. The summed E-state index contributed by atoms with van der Waals surface area (Å²) in [5.41, 5.74) is 1.50. The van der Waals surface area contributed by atoms with Crippen LogP contribution in [-0.4, -0.2) is 120 Å². The van der Waals surface area contributed by atoms with Crippen molar-refractivity contribution in [3.8, 4) is 5.75 Å². The molecule has 10 heteroatoms. The van der Waals surface area contributed by atoms with E-state index in [0.717, 1.165) is 64.0 Å². The lowest BCUT2D eigenvalue weighted by atomic mass is 9.83. The number of carbonyl (C=O) groups excluding carboxylic acids is 1. The monoisotopic (exact) mass is 550 g/mol. The largest absolute Gasteiger partial charge is 0.497 e. The number of aryl methyl sites for hydroxylation is 2. The van der Waals surface area contributed by atoms with E-state index in [-0.39, 0.29) is 31.7 Å². The summed E-state index contributed by atoms with van der Waals surface area (Å²) in [7, 11) is 2.04. The van der Waals surface area contributed by atoms with Gasteiger partial charge in [0.2, 0.25) is 15.9 Å². The van der Waals surface area contributed by atoms with E-state index in [1.165, 1.54) is 10.7 Å². The van der Waals surface area contributed by atoms with Gasteiger partial charge in [-0.15, -0.1) is 0 Å². The molecule has 0 aromatic heterocycles. The lowest BCUT2D eigenvalue weighted by Gasteiger charge is -2.42. The van der Waals surface area contributed by atoms with Crippen LogP contribution in [-0.2, 0) is 26.0 Å². The van der Waals surface area contributed by atoms with Crippen molar-refractivity contribution in [2.75, 3.05) is 80.2 Å². The van der Waals surface area contributed by atoms with Gasteiger partial charge < -0.3 is 24.2 Å². The summed E-state index contributed by atoms with van der Waals surface area (Å²) in [6.45, 7) is 8.11. The van der Waals surface area contributed by atoms with Crippen molar-refractivity contribution in [3.05, 3.63) is 23.3 Å². The van der Waals surface area contributed by atoms with E-state index in [9.17, 15) is 13.2 Å². The molecule has 1 saturated carbocycles. The number of carbonyl (C=O) groups is 1. The summed E-state index contributed by atoms with van der Waals surface area (Å²) < 4.78 is 39.5. The molecule has 214 valence electrons. The van der Waals surface area contributed by atoms with Gasteiger partial charge in [0.25, 0.3) is 0 Å². The van der Waals surface area contributed by atoms with E-state index in [1.54, 1.807) is 13.2 Å². The molecule has 1 aromatic rings. The number of piperazine rings is 1. The van der Waals surface area contributed by atoms with Crippen LogP contribution in [0.1, 0.15) is 43.2 Å². The molecule has 0 bridgehead atoms. The normalized spacial score (nSPS) is 24.9. The number of fused-ring (bicyclic) bond motifs is 1. The Hall–Kier alpha value is -1.72. The molecule has 1 saturated heterocycles. The molecule has 0 N–H and O–H groups in total. The second-order valence-corrected chi connectivity index (χ2v) is 13.1. The lowest BCUT2D eigenvalue weighted by molar-refractivity contribution is -0.139. The van der Waals surface area contributed by atoms with Crippen LogP contribution in [0.4, 0.5) is 0 Å². The first-order valence-electron chi connectivity index (χ1n) is 14.1. The van der Waals surface area contributed by atoms with E-state index in [2.05, 4.69) is 16.8 Å². The number of likely N-dealkylation sites (N-methyl/N-ethyl adjacent to an activating group) is 2. The highest BCUT2D eigenvalue weighted by molar-refractivity contribution is 7.89. The Labute approximate surface area is 229 Å². The van der Waals surface area contributed by atoms with Gasteiger partial charge in [0.05, 0.1) is 18.6 Å². The molecule has 2 atom stereocenters. The minimum atomic E-state index is -3.64. The van der Waals surface area contributed by atoms with E-state index in [4.69, 9.17) is 9.47 Å². The van der Waals surface area contributed by atoms with E-state index in [1.807, 2.05) is 24.9 Å². The van der Waals surface area contributed by atoms with Crippen molar-refractivity contribution in [1.82, 2.24) is 19.0 Å². The summed E-state index contributed by atoms with van der Waals surface area (Å²) >= 11 is 0. The molecule has 0 spiro atoms. The third-order valence-corrected chi connectivity index (χ3v) is 10.7. The average molecular weight is 551 g/mol. The highest BCUT2D eigenvalue weighted by Crippen LogP contribution is 2.32. The third kappa shape index (κ3) is 6.88. The fraction of sp³-hybridized carbons (Fsp3) is 0.750. The molecule has 1 aliphatic carbocycles. The first-order valence-corrected chi connectivity index (χ1v) is 15.6. The van der Waals surface area contributed by atoms with Crippen LogP contribution in [0.15, 0.2) is 17.0 Å². The number of sulfonamides is 1. The Balaban J connectivity index is 1.29. The van der Waals surface area contributed by atoms with E-state index < -0.39 is 10.0 Å². The van der Waals surface area contributed by atoms with Crippen molar-refractivity contribution in [1.29, 1.82) is 0 Å². The predicted molar refractivity (Wildman–Crippen MR) is 148 cm³/mol. The first kappa shape index (κ1) is 29.3. The van der Waals surface area contributed by atoms with Crippen molar-refractivity contribution in [2.45, 2.75) is 56.4 Å². The molecular weight excluding hydrogens is 504 g/mol. The van der Waals surface area contributed by atoms with Crippen molar-refractivity contribution in [2.24, 2.45) is 5.92 Å². The quantitative estimate of drug-likeness (QED) is 0.436. The van der Waals surface area contributed by atoms with Gasteiger partial charge in [-0.2, -0.15) is 4.31 Å². The number of hydrogen-bond donors (Lipinski definition) is 0. The molecule has 1 aromatic carbocycles. The van der Waals surface area contributed by atoms with Gasteiger partial charge in [-0.05, 0) is 68.8 Å². The second kappa shape index (κ2) is 13.1. The van der Waals surface area contributed by atoms with Crippen LogP contribution in [0.25, 0.3) is 0 Å². The second-order valence-electron chi connectivity index (χ2n) is 11.2. The maximum absolute atomic E-state index is 13.5. The standard InChI is InChI=1S/C28H46N4O5S/c1-22-18-25(36-4)19-23-9-7-11-32(38(34,35)28(22)23)16-17-37-21-27(33)30(3)26-10-6-5-8-24(26)20-31-14-12-29(2)13-15-31/h18-19,24,26H,5-17,20-21H2,1-4H3/t24-,26+/m1/s1. The number of benzene rings is 1. The SMILES string of the molecule is COc1cc(C)c2c(c1)CCCN(CCOCC(=O)N(C)[C@H]1CCCC[C@@H]1CN1CCN(C)CC1)S2(=O)=O. The van der Waals surface area contributed by atoms with Crippen LogP contribution < -0.4 is 4.74 Å². The smallest absolute Gasteiger partial charge is 0.248 e. The maximum atomic E-state index is 13.5. The Kier molecular flexibility index (Phi) is 10.1. The van der Waals surface area contributed by atoms with Gasteiger partial charge in [-0.3, -0.25) is 4.79 Å². The molecular formula is C28H46N4O5S. The van der Waals surface area contributed by atoms with E-state index >= 15 is 0 Å². The van der Waals surface area contributed by atoms with Crippen LogP contribution in [0, 0.1) is 12.8 Å². The Morgan fingerprint density at radius 1 is 1.08 bits per heavy atom. The van der Waals surface area contributed by atoms with Gasteiger partial charge in [0.1, 0.15) is 12.4 Å². The predicted octanol–water partition coefficient (Wildman–Crippen LogP) is 2.22. The fourth-order valence-corrected chi connectivity index (χ4v) is 8.20. The number of methoxy groups -OCH3 is 1. The number of nitrogens with zero attached hydrogens (tertiary/aromatic N) is 4. The van der Waals surface area contributed by atoms with Crippen molar-refractivity contribution >= 4 is 15.9 Å². The fourth-order valence-electron chi connectivity index (χ4n) is 6.30. The highest BCUT2D eigenvalue weighted by atomic mass is 32.2. The zero-order valence-corrected chi connectivity index (χ0v) is 24.5. The summed E-state index contributed by atoms with van der Waals surface area (Å²) in [4.78, 5) is 20.3. The zero-order valence-electron chi connectivity index (χ0n) is 23.7. The summed E-state index contributed by atoms with van der Waals surface area (Å²) in [5.74, 6) is 1.15. The van der Waals surface area contributed by atoms with Crippen LogP contribution >= 0.6 is 0 Å². The third-order valence-electron chi connectivity index (χ3n) is 8.57. The van der Waals surface area contributed by atoms with E-state index in [0.29, 0.717) is 35.1 Å². The van der Waals surface area contributed by atoms with Gasteiger partial charge in [-0.25, -0.2) is 8.42 Å². The van der Waals surface area contributed by atoms with Gasteiger partial charge >= 0.3 is 0 Å². The highest BCUT2D eigenvalue weighted by Gasteiger charge is 2.33. The van der Waals surface area contributed by atoms with Gasteiger partial charge in [-0.1, -0.05) is 12.8 Å². The number of rotatable bonds is 9. The Morgan fingerprint density at radius 2 is 1.82 bits per heavy atom. The van der Waals surface area contributed by atoms with Gasteiger partial charge in [0, 0.05) is 58.9 Å². The minimum absolute atomic E-state index is 0.0189. The number of amides is 1. The molecule has 2 aliphatic heterocycles. The van der Waals surface area contributed by atoms with Crippen LogP contribution in [0.5, 0.6) is 5.75 Å². The Morgan fingerprint density at radius 3 is 2.55 bits per heavy atom.